The molecule has 1 aliphatic rings. The molecular weight excluding hydrogens is 251 g/mol. The minimum Gasteiger partial charge on any atom is -0.478 e. The van der Waals surface area contributed by atoms with Crippen LogP contribution in [0.15, 0.2) is 24.3 Å². The minimum absolute atomic E-state index is 0.133. The Hall–Kier alpha value is -1.72. The molecule has 1 aromatic carbocycles. The molecule has 2 atom stereocenters. The van der Waals surface area contributed by atoms with Crippen LogP contribution in [-0.4, -0.2) is 30.4 Å². The van der Waals surface area contributed by atoms with Crippen molar-refractivity contribution >= 4 is 12.0 Å². The average Bonchev–Trinajstić information content (AvgIpc) is 3.18. The fourth-order valence-corrected chi connectivity index (χ4v) is 1.72. The van der Waals surface area contributed by atoms with Crippen LogP contribution in [0.5, 0.6) is 0 Å². The van der Waals surface area contributed by atoms with Crippen molar-refractivity contribution in [2.75, 3.05) is 13.2 Å². The number of hydrogen-bond acceptors (Lipinski definition) is 3. The lowest BCUT2D eigenvalue weighted by atomic mass is 10.0. The van der Waals surface area contributed by atoms with E-state index in [0.29, 0.717) is 24.3 Å². The van der Waals surface area contributed by atoms with Gasteiger partial charge < -0.3 is 14.6 Å². The van der Waals surface area contributed by atoms with E-state index in [9.17, 15) is 9.18 Å². The zero-order valence-electron chi connectivity index (χ0n) is 10.5. The van der Waals surface area contributed by atoms with Crippen molar-refractivity contribution in [1.82, 2.24) is 0 Å². The van der Waals surface area contributed by atoms with Crippen LogP contribution in [0.4, 0.5) is 4.39 Å². The Balaban J connectivity index is 2.14. The van der Waals surface area contributed by atoms with Crippen molar-refractivity contribution in [3.8, 4) is 0 Å². The van der Waals surface area contributed by atoms with Gasteiger partial charge in [0.25, 0.3) is 0 Å². The molecule has 1 saturated heterocycles. The summed E-state index contributed by atoms with van der Waals surface area (Å²) in [6, 6.07) is 4.19. The standard InChI is InChI=1S/C14H15FO4/c1-9(18-7-12-8-19-12)13-6-11(15)4-2-10(13)3-5-14(16)17/h2-6,9,12H,7-8H2,1H3,(H,16,17)/t9-,12?/m1/s1. The summed E-state index contributed by atoms with van der Waals surface area (Å²) in [6.07, 6.45) is 2.26. The number of aliphatic carboxylic acids is 1. The highest BCUT2D eigenvalue weighted by atomic mass is 19.1. The quantitative estimate of drug-likeness (QED) is 0.634. The lowest BCUT2D eigenvalue weighted by Gasteiger charge is -2.15. The molecule has 4 nitrogen and oxygen atoms in total. The molecule has 1 aliphatic heterocycles. The van der Waals surface area contributed by atoms with Gasteiger partial charge >= 0.3 is 5.97 Å². The molecule has 1 heterocycles. The summed E-state index contributed by atoms with van der Waals surface area (Å²) in [7, 11) is 0. The van der Waals surface area contributed by atoms with Crippen LogP contribution in [0.3, 0.4) is 0 Å². The van der Waals surface area contributed by atoms with Crippen molar-refractivity contribution in [1.29, 1.82) is 0 Å². The fraction of sp³-hybridized carbons (Fsp3) is 0.357. The number of carboxylic acid groups (broad SMARTS) is 1. The molecule has 0 aliphatic carbocycles. The molecule has 0 radical (unpaired) electrons. The second kappa shape index (κ2) is 5.95. The van der Waals surface area contributed by atoms with Gasteiger partial charge in [-0.15, -0.1) is 0 Å². The van der Waals surface area contributed by atoms with Crippen LogP contribution < -0.4 is 0 Å². The Morgan fingerprint density at radius 1 is 1.68 bits per heavy atom. The van der Waals surface area contributed by atoms with Crippen LogP contribution in [0, 0.1) is 5.82 Å². The van der Waals surface area contributed by atoms with Crippen molar-refractivity contribution in [3.05, 3.63) is 41.2 Å². The first-order valence-corrected chi connectivity index (χ1v) is 6.00. The molecule has 5 heteroatoms. The Bertz CT molecular complexity index is 494. The van der Waals surface area contributed by atoms with Gasteiger partial charge in [0.15, 0.2) is 0 Å². The lowest BCUT2D eigenvalue weighted by molar-refractivity contribution is -0.131. The number of halogens is 1. The Labute approximate surface area is 110 Å². The first-order chi connectivity index (χ1) is 9.06. The molecule has 0 aromatic heterocycles. The maximum Gasteiger partial charge on any atom is 0.328 e. The third-order valence-corrected chi connectivity index (χ3v) is 2.83. The lowest BCUT2D eigenvalue weighted by Crippen LogP contribution is -2.07. The predicted molar refractivity (Wildman–Crippen MR) is 67.2 cm³/mol. The number of hydrogen-bond donors (Lipinski definition) is 1. The molecule has 1 N–H and O–H groups in total. The molecule has 1 fully saturated rings. The van der Waals surface area contributed by atoms with Gasteiger partial charge in [-0.05, 0) is 36.3 Å². The van der Waals surface area contributed by atoms with Crippen LogP contribution in [0.1, 0.15) is 24.2 Å². The number of benzene rings is 1. The van der Waals surface area contributed by atoms with Gasteiger partial charge in [0.1, 0.15) is 11.9 Å². The summed E-state index contributed by atoms with van der Waals surface area (Å²) in [5.41, 5.74) is 1.26. The van der Waals surface area contributed by atoms with Crippen LogP contribution in [-0.2, 0) is 14.3 Å². The van der Waals surface area contributed by atoms with Crippen molar-refractivity contribution in [2.45, 2.75) is 19.1 Å². The monoisotopic (exact) mass is 266 g/mol. The third-order valence-electron chi connectivity index (χ3n) is 2.83. The summed E-state index contributed by atoms with van der Waals surface area (Å²) in [6.45, 7) is 2.96. The SMILES string of the molecule is C[C@@H](OCC1CO1)c1cc(F)ccc1C=CC(=O)O. The number of rotatable bonds is 6. The summed E-state index contributed by atoms with van der Waals surface area (Å²) in [5, 5.41) is 8.63. The fourth-order valence-electron chi connectivity index (χ4n) is 1.72. The average molecular weight is 266 g/mol. The number of epoxide rings is 1. The van der Waals surface area contributed by atoms with E-state index in [1.807, 2.05) is 0 Å². The van der Waals surface area contributed by atoms with Gasteiger partial charge in [0.2, 0.25) is 0 Å². The van der Waals surface area contributed by atoms with E-state index in [0.717, 1.165) is 6.08 Å². The van der Waals surface area contributed by atoms with Crippen LogP contribution in [0.25, 0.3) is 6.08 Å². The molecule has 0 saturated carbocycles. The zero-order valence-corrected chi connectivity index (χ0v) is 10.5. The smallest absolute Gasteiger partial charge is 0.328 e. The van der Waals surface area contributed by atoms with Gasteiger partial charge in [-0.2, -0.15) is 0 Å². The highest BCUT2D eigenvalue weighted by Crippen LogP contribution is 2.25. The summed E-state index contributed by atoms with van der Waals surface area (Å²) in [5.74, 6) is -1.42. The third kappa shape index (κ3) is 4.15. The maximum absolute atomic E-state index is 13.3. The predicted octanol–water partition coefficient (Wildman–Crippen LogP) is 2.40. The van der Waals surface area contributed by atoms with Gasteiger partial charge in [-0.3, -0.25) is 0 Å². The molecule has 0 bridgehead atoms. The number of ether oxygens (including phenoxy) is 2. The van der Waals surface area contributed by atoms with E-state index in [1.54, 1.807) is 6.92 Å². The van der Waals surface area contributed by atoms with E-state index < -0.39 is 5.97 Å². The highest BCUT2D eigenvalue weighted by Gasteiger charge is 2.24. The zero-order chi connectivity index (χ0) is 13.8. The number of carbonyl (C=O) groups is 1. The van der Waals surface area contributed by atoms with Gasteiger partial charge in [0, 0.05) is 6.08 Å². The van der Waals surface area contributed by atoms with E-state index in [2.05, 4.69) is 0 Å². The van der Waals surface area contributed by atoms with Crippen LogP contribution >= 0.6 is 0 Å². The molecule has 19 heavy (non-hydrogen) atoms. The van der Waals surface area contributed by atoms with Crippen molar-refractivity contribution in [2.24, 2.45) is 0 Å². The Morgan fingerprint density at radius 3 is 3.05 bits per heavy atom. The van der Waals surface area contributed by atoms with Crippen molar-refractivity contribution in [3.63, 3.8) is 0 Å². The van der Waals surface area contributed by atoms with Gasteiger partial charge in [0.05, 0.1) is 19.3 Å². The Kier molecular flexibility index (Phi) is 4.29. The minimum atomic E-state index is -1.05. The molecule has 102 valence electrons. The number of carboxylic acids is 1. The second-order valence-electron chi connectivity index (χ2n) is 4.38. The molecule has 0 spiro atoms. The molecule has 2 rings (SSSR count). The molecule has 0 amide bonds. The van der Waals surface area contributed by atoms with Crippen molar-refractivity contribution < 1.29 is 23.8 Å². The van der Waals surface area contributed by atoms with Crippen LogP contribution in [0.2, 0.25) is 0 Å². The Morgan fingerprint density at radius 2 is 2.42 bits per heavy atom. The van der Waals surface area contributed by atoms with E-state index >= 15 is 0 Å². The topological polar surface area (TPSA) is 59.1 Å². The first-order valence-electron chi connectivity index (χ1n) is 6.00. The largest absolute Gasteiger partial charge is 0.478 e. The molecule has 1 unspecified atom stereocenters. The van der Waals surface area contributed by atoms with E-state index in [-0.39, 0.29) is 18.0 Å². The summed E-state index contributed by atoms with van der Waals surface area (Å²) >= 11 is 0. The first kappa shape index (κ1) is 13.7. The van der Waals surface area contributed by atoms with E-state index in [4.69, 9.17) is 14.6 Å². The molecular formula is C14H15FO4. The summed E-state index contributed by atoms with van der Waals surface area (Å²) in [4.78, 5) is 10.5. The van der Waals surface area contributed by atoms with Gasteiger partial charge in [-0.25, -0.2) is 9.18 Å². The molecule has 1 aromatic rings. The summed E-state index contributed by atoms with van der Waals surface area (Å²) < 4.78 is 23.9. The highest BCUT2D eigenvalue weighted by molar-refractivity contribution is 5.85. The second-order valence-corrected chi connectivity index (χ2v) is 4.38. The maximum atomic E-state index is 13.3. The van der Waals surface area contributed by atoms with E-state index in [1.165, 1.54) is 24.3 Å². The normalized spacial score (nSPS) is 19.6. The van der Waals surface area contributed by atoms with Gasteiger partial charge in [-0.1, -0.05) is 6.07 Å².